The molecule has 1 N–H and O–H groups in total. The molecule has 1 aliphatic carbocycles. The van der Waals surface area contributed by atoms with Gasteiger partial charge in [-0.3, -0.25) is 4.98 Å². The molecule has 146 valence electrons. The monoisotopic (exact) mass is 384 g/mol. The van der Waals surface area contributed by atoms with Gasteiger partial charge in [0.25, 0.3) is 5.95 Å². The van der Waals surface area contributed by atoms with Crippen molar-refractivity contribution in [1.82, 2.24) is 24.7 Å². The molecule has 1 atom stereocenters. The van der Waals surface area contributed by atoms with Crippen molar-refractivity contribution in [2.24, 2.45) is 0 Å². The van der Waals surface area contributed by atoms with Gasteiger partial charge in [0.05, 0.1) is 17.3 Å². The Bertz CT molecular complexity index is 1210. The van der Waals surface area contributed by atoms with Crippen LogP contribution in [0.4, 0.5) is 5.82 Å². The molecule has 0 aliphatic heterocycles. The van der Waals surface area contributed by atoms with Crippen LogP contribution in [0.1, 0.15) is 47.0 Å². The number of hydrogen-bond acceptors (Lipinski definition) is 5. The van der Waals surface area contributed by atoms with Crippen molar-refractivity contribution < 1.29 is 0 Å². The van der Waals surface area contributed by atoms with Crippen LogP contribution >= 0.6 is 0 Å². The lowest BCUT2D eigenvalue weighted by molar-refractivity contribution is 0.598. The second-order valence-electron chi connectivity index (χ2n) is 7.88. The maximum absolute atomic E-state index is 4.86. The minimum Gasteiger partial charge on any atom is -0.361 e. The summed E-state index contributed by atoms with van der Waals surface area (Å²) in [6.07, 6.45) is 5.24. The molecular weight excluding hydrogens is 360 g/mol. The lowest BCUT2D eigenvalue weighted by atomic mass is 9.88. The van der Waals surface area contributed by atoms with E-state index < -0.39 is 0 Å². The molecule has 0 spiro atoms. The first-order valence-electron chi connectivity index (χ1n) is 10.1. The van der Waals surface area contributed by atoms with E-state index >= 15 is 0 Å². The third kappa shape index (κ3) is 3.24. The number of pyridine rings is 1. The third-order valence-electron chi connectivity index (χ3n) is 5.54. The summed E-state index contributed by atoms with van der Waals surface area (Å²) in [4.78, 5) is 14.3. The van der Waals surface area contributed by atoms with Crippen LogP contribution in [0, 0.1) is 20.8 Å². The van der Waals surface area contributed by atoms with E-state index in [1.807, 2.05) is 33.0 Å². The average molecular weight is 384 g/mol. The van der Waals surface area contributed by atoms with Crippen molar-refractivity contribution in [2.75, 3.05) is 5.32 Å². The summed E-state index contributed by atoms with van der Waals surface area (Å²) in [5.74, 6) is 1.33. The van der Waals surface area contributed by atoms with Gasteiger partial charge in [-0.05, 0) is 68.9 Å². The fourth-order valence-electron chi connectivity index (χ4n) is 4.20. The van der Waals surface area contributed by atoms with E-state index in [0.717, 1.165) is 53.1 Å². The minimum absolute atomic E-state index is 0.217. The Hall–Kier alpha value is -3.28. The van der Waals surface area contributed by atoms with E-state index in [1.165, 1.54) is 11.1 Å². The van der Waals surface area contributed by atoms with Crippen LogP contribution in [-0.4, -0.2) is 24.7 Å². The molecule has 0 radical (unpaired) electrons. The number of hydrogen-bond donors (Lipinski definition) is 1. The summed E-state index contributed by atoms with van der Waals surface area (Å²) < 4.78 is 1.80. The predicted molar refractivity (Wildman–Crippen MR) is 114 cm³/mol. The predicted octanol–water partition coefficient (Wildman–Crippen LogP) is 4.63. The third-order valence-corrected chi connectivity index (χ3v) is 5.54. The van der Waals surface area contributed by atoms with Gasteiger partial charge in [0.2, 0.25) is 0 Å². The number of fused-ring (bicyclic) bond motifs is 2. The molecule has 4 aromatic rings. The fraction of sp³-hybridized carbons (Fsp3) is 0.304. The van der Waals surface area contributed by atoms with E-state index in [9.17, 15) is 0 Å². The van der Waals surface area contributed by atoms with Gasteiger partial charge in [0.15, 0.2) is 5.82 Å². The number of benzene rings is 1. The Kier molecular flexibility index (Phi) is 4.27. The zero-order valence-electron chi connectivity index (χ0n) is 17.0. The summed E-state index contributed by atoms with van der Waals surface area (Å²) >= 11 is 0. The van der Waals surface area contributed by atoms with Gasteiger partial charge in [0.1, 0.15) is 5.52 Å². The van der Waals surface area contributed by atoms with Gasteiger partial charge in [-0.25, -0.2) is 9.67 Å². The molecule has 0 saturated carbocycles. The Labute approximate surface area is 170 Å². The van der Waals surface area contributed by atoms with Gasteiger partial charge in [-0.1, -0.05) is 24.3 Å². The molecular formula is C23H24N6. The summed E-state index contributed by atoms with van der Waals surface area (Å²) in [7, 11) is 0. The Morgan fingerprint density at radius 2 is 1.93 bits per heavy atom. The van der Waals surface area contributed by atoms with Crippen molar-refractivity contribution in [3.8, 4) is 5.95 Å². The van der Waals surface area contributed by atoms with Crippen LogP contribution in [0.25, 0.3) is 17.0 Å². The van der Waals surface area contributed by atoms with Crippen molar-refractivity contribution in [1.29, 1.82) is 0 Å². The second-order valence-corrected chi connectivity index (χ2v) is 7.88. The SMILES string of the molecule is Cc1cnc2c(NC3CCCc4ccccc43)nc(-n3nc(C)cc3C)nc2c1. The standard InChI is InChI=1S/C23H24N6/c1-14-11-20-21(24-13-14)22(27-23(26-20)29-16(3)12-15(2)28-29)25-19-10-6-8-17-7-4-5-9-18(17)19/h4-5,7,9,11-13,19H,6,8,10H2,1-3H3,(H,25,26,27). The first kappa shape index (κ1) is 17.8. The maximum atomic E-state index is 4.86. The zero-order valence-corrected chi connectivity index (χ0v) is 17.0. The van der Waals surface area contributed by atoms with Gasteiger partial charge < -0.3 is 5.32 Å². The number of nitrogens with one attached hydrogen (secondary N) is 1. The molecule has 0 fully saturated rings. The minimum atomic E-state index is 0.217. The molecule has 6 nitrogen and oxygen atoms in total. The molecule has 3 aromatic heterocycles. The van der Waals surface area contributed by atoms with Gasteiger partial charge in [0, 0.05) is 11.9 Å². The molecule has 1 aliphatic rings. The molecule has 29 heavy (non-hydrogen) atoms. The molecule has 3 heterocycles. The second kappa shape index (κ2) is 6.95. The van der Waals surface area contributed by atoms with Gasteiger partial charge in [-0.2, -0.15) is 10.1 Å². The number of nitrogens with zero attached hydrogens (tertiary/aromatic N) is 5. The van der Waals surface area contributed by atoms with E-state index in [1.54, 1.807) is 4.68 Å². The van der Waals surface area contributed by atoms with E-state index in [2.05, 4.69) is 45.7 Å². The highest BCUT2D eigenvalue weighted by molar-refractivity contribution is 5.86. The fourth-order valence-corrected chi connectivity index (χ4v) is 4.20. The zero-order chi connectivity index (χ0) is 20.0. The Balaban J connectivity index is 1.64. The number of anilines is 1. The first-order chi connectivity index (χ1) is 14.1. The molecule has 0 saturated heterocycles. The summed E-state index contributed by atoms with van der Waals surface area (Å²) in [5, 5.41) is 8.26. The molecule has 5 rings (SSSR count). The number of aryl methyl sites for hydroxylation is 4. The largest absolute Gasteiger partial charge is 0.361 e. The lowest BCUT2D eigenvalue weighted by Crippen LogP contribution is -2.19. The van der Waals surface area contributed by atoms with Crippen LogP contribution in [0.5, 0.6) is 0 Å². The number of aromatic nitrogens is 5. The average Bonchev–Trinajstić information content (AvgIpc) is 3.06. The summed E-state index contributed by atoms with van der Waals surface area (Å²) in [6, 6.07) is 13.0. The van der Waals surface area contributed by atoms with E-state index in [0.29, 0.717) is 5.95 Å². The first-order valence-corrected chi connectivity index (χ1v) is 10.1. The quantitative estimate of drug-likeness (QED) is 0.558. The van der Waals surface area contributed by atoms with Crippen LogP contribution in [0.3, 0.4) is 0 Å². The van der Waals surface area contributed by atoms with Crippen LogP contribution in [0.15, 0.2) is 42.6 Å². The highest BCUT2D eigenvalue weighted by Crippen LogP contribution is 2.33. The van der Waals surface area contributed by atoms with Gasteiger partial charge >= 0.3 is 0 Å². The topological polar surface area (TPSA) is 68.5 Å². The lowest BCUT2D eigenvalue weighted by Gasteiger charge is -2.27. The molecule has 0 amide bonds. The van der Waals surface area contributed by atoms with Crippen LogP contribution in [0.2, 0.25) is 0 Å². The van der Waals surface area contributed by atoms with E-state index in [-0.39, 0.29) is 6.04 Å². The highest BCUT2D eigenvalue weighted by Gasteiger charge is 2.22. The highest BCUT2D eigenvalue weighted by atomic mass is 15.4. The Morgan fingerprint density at radius 3 is 2.76 bits per heavy atom. The maximum Gasteiger partial charge on any atom is 0.253 e. The van der Waals surface area contributed by atoms with Crippen molar-refractivity contribution >= 4 is 16.9 Å². The van der Waals surface area contributed by atoms with Gasteiger partial charge in [-0.15, -0.1) is 0 Å². The van der Waals surface area contributed by atoms with Crippen LogP contribution in [-0.2, 0) is 6.42 Å². The van der Waals surface area contributed by atoms with Crippen LogP contribution < -0.4 is 5.32 Å². The van der Waals surface area contributed by atoms with Crippen molar-refractivity contribution in [3.63, 3.8) is 0 Å². The molecule has 1 aromatic carbocycles. The van der Waals surface area contributed by atoms with Crippen molar-refractivity contribution in [2.45, 2.75) is 46.1 Å². The molecule has 6 heteroatoms. The normalized spacial score (nSPS) is 16.0. The molecule has 0 bridgehead atoms. The van der Waals surface area contributed by atoms with Crippen molar-refractivity contribution in [3.05, 3.63) is 70.7 Å². The smallest absolute Gasteiger partial charge is 0.253 e. The Morgan fingerprint density at radius 1 is 1.07 bits per heavy atom. The summed E-state index contributed by atoms with van der Waals surface area (Å²) in [5.41, 5.74) is 7.42. The number of rotatable bonds is 3. The summed E-state index contributed by atoms with van der Waals surface area (Å²) in [6.45, 7) is 6.03. The molecule has 1 unspecified atom stereocenters. The van der Waals surface area contributed by atoms with E-state index in [4.69, 9.17) is 9.97 Å².